The second-order valence-corrected chi connectivity index (χ2v) is 8.71. The zero-order valence-corrected chi connectivity index (χ0v) is 19.8. The molecule has 0 aromatic heterocycles. The Morgan fingerprint density at radius 3 is 2.21 bits per heavy atom. The van der Waals surface area contributed by atoms with Gasteiger partial charge in [-0.25, -0.2) is 0 Å². The van der Waals surface area contributed by atoms with Crippen LogP contribution in [0.15, 0.2) is 72.8 Å². The van der Waals surface area contributed by atoms with Gasteiger partial charge in [-0.05, 0) is 42.5 Å². The van der Waals surface area contributed by atoms with E-state index in [0.717, 1.165) is 53.0 Å². The van der Waals surface area contributed by atoms with Gasteiger partial charge in [-0.15, -0.1) is 0 Å². The summed E-state index contributed by atoms with van der Waals surface area (Å²) in [5.41, 5.74) is 4.33. The van der Waals surface area contributed by atoms with E-state index >= 15 is 0 Å². The molecule has 1 aliphatic heterocycles. The standard InChI is InChI=1S/C29H33NO3/c1-4-5-18-33-28-25-19-21(2)30(20-24(25)16-17-26(28)32-3)29(31)27(22-12-8-6-9-13-22)23-14-10-7-11-15-23/h6-17,21,27H,4-5,18-20H2,1-3H3/t21-/m1/s1. The molecule has 0 unspecified atom stereocenters. The number of rotatable bonds is 8. The first-order valence-corrected chi connectivity index (χ1v) is 11.9. The maximum absolute atomic E-state index is 14.0. The summed E-state index contributed by atoms with van der Waals surface area (Å²) in [6.45, 7) is 5.52. The van der Waals surface area contributed by atoms with Crippen molar-refractivity contribution in [1.29, 1.82) is 0 Å². The smallest absolute Gasteiger partial charge is 0.235 e. The molecule has 1 atom stereocenters. The van der Waals surface area contributed by atoms with Gasteiger partial charge in [0.25, 0.3) is 0 Å². The van der Waals surface area contributed by atoms with E-state index in [9.17, 15) is 4.79 Å². The van der Waals surface area contributed by atoms with Crippen LogP contribution in [0.3, 0.4) is 0 Å². The molecule has 4 nitrogen and oxygen atoms in total. The van der Waals surface area contributed by atoms with Gasteiger partial charge >= 0.3 is 0 Å². The number of methoxy groups -OCH3 is 1. The zero-order valence-electron chi connectivity index (χ0n) is 19.8. The van der Waals surface area contributed by atoms with Crippen LogP contribution >= 0.6 is 0 Å². The predicted molar refractivity (Wildman–Crippen MR) is 132 cm³/mol. The van der Waals surface area contributed by atoms with Crippen LogP contribution in [-0.2, 0) is 17.8 Å². The number of carbonyl (C=O) groups excluding carboxylic acids is 1. The maximum Gasteiger partial charge on any atom is 0.235 e. The lowest BCUT2D eigenvalue weighted by molar-refractivity contribution is -0.135. The Kier molecular flexibility index (Phi) is 7.33. The molecule has 0 aliphatic carbocycles. The number of carbonyl (C=O) groups is 1. The molecule has 0 spiro atoms. The monoisotopic (exact) mass is 443 g/mol. The average molecular weight is 444 g/mol. The van der Waals surface area contributed by atoms with E-state index < -0.39 is 0 Å². The average Bonchev–Trinajstić information content (AvgIpc) is 2.85. The van der Waals surface area contributed by atoms with Gasteiger partial charge in [0.2, 0.25) is 5.91 Å². The Bertz CT molecular complexity index is 1030. The Labute approximate surface area is 197 Å². The molecule has 0 saturated carbocycles. The fraction of sp³-hybridized carbons (Fsp3) is 0.345. The van der Waals surface area contributed by atoms with Gasteiger partial charge in [0.05, 0.1) is 19.6 Å². The molecule has 33 heavy (non-hydrogen) atoms. The van der Waals surface area contributed by atoms with Crippen LogP contribution in [0.1, 0.15) is 54.9 Å². The van der Waals surface area contributed by atoms with Crippen LogP contribution in [0.5, 0.6) is 11.5 Å². The molecule has 0 radical (unpaired) electrons. The summed E-state index contributed by atoms with van der Waals surface area (Å²) in [4.78, 5) is 16.0. The van der Waals surface area contributed by atoms with Crippen LogP contribution < -0.4 is 9.47 Å². The van der Waals surface area contributed by atoms with Crippen LogP contribution in [0.4, 0.5) is 0 Å². The van der Waals surface area contributed by atoms with Crippen molar-refractivity contribution < 1.29 is 14.3 Å². The fourth-order valence-electron chi connectivity index (χ4n) is 4.63. The highest BCUT2D eigenvalue weighted by molar-refractivity contribution is 5.87. The highest BCUT2D eigenvalue weighted by atomic mass is 16.5. The molecule has 0 bridgehead atoms. The van der Waals surface area contributed by atoms with Crippen molar-refractivity contribution in [3.8, 4) is 11.5 Å². The van der Waals surface area contributed by atoms with Gasteiger partial charge in [-0.3, -0.25) is 4.79 Å². The number of amides is 1. The SMILES string of the molecule is CCCCOc1c(OC)ccc2c1C[C@@H](C)N(C(=O)C(c1ccccc1)c1ccccc1)C2. The van der Waals surface area contributed by atoms with Gasteiger partial charge < -0.3 is 14.4 Å². The van der Waals surface area contributed by atoms with Gasteiger partial charge in [0, 0.05) is 18.2 Å². The topological polar surface area (TPSA) is 38.8 Å². The van der Waals surface area contributed by atoms with Gasteiger partial charge in [0.15, 0.2) is 11.5 Å². The molecule has 4 heteroatoms. The Hall–Kier alpha value is -3.27. The van der Waals surface area contributed by atoms with Crippen molar-refractivity contribution in [2.45, 2.75) is 51.6 Å². The van der Waals surface area contributed by atoms with Crippen molar-refractivity contribution >= 4 is 5.91 Å². The molecule has 1 heterocycles. The Morgan fingerprint density at radius 1 is 1.00 bits per heavy atom. The molecule has 1 amide bonds. The van der Waals surface area contributed by atoms with Gasteiger partial charge in [0.1, 0.15) is 0 Å². The highest BCUT2D eigenvalue weighted by Gasteiger charge is 2.34. The summed E-state index contributed by atoms with van der Waals surface area (Å²) in [6, 6.07) is 24.3. The van der Waals surface area contributed by atoms with Crippen molar-refractivity contribution in [3.05, 3.63) is 95.1 Å². The summed E-state index contributed by atoms with van der Waals surface area (Å²) >= 11 is 0. The lowest BCUT2D eigenvalue weighted by Crippen LogP contribution is -2.45. The third-order valence-corrected chi connectivity index (χ3v) is 6.45. The Balaban J connectivity index is 1.67. The van der Waals surface area contributed by atoms with E-state index in [0.29, 0.717) is 13.2 Å². The lowest BCUT2D eigenvalue weighted by Gasteiger charge is -2.38. The van der Waals surface area contributed by atoms with Crippen molar-refractivity contribution in [2.24, 2.45) is 0 Å². The summed E-state index contributed by atoms with van der Waals surface area (Å²) in [5.74, 6) is 1.41. The number of fused-ring (bicyclic) bond motifs is 1. The lowest BCUT2D eigenvalue weighted by atomic mass is 9.87. The maximum atomic E-state index is 14.0. The van der Waals surface area contributed by atoms with E-state index in [1.54, 1.807) is 7.11 Å². The summed E-state index contributed by atoms with van der Waals surface area (Å²) < 4.78 is 11.8. The Morgan fingerprint density at radius 2 is 1.64 bits per heavy atom. The van der Waals surface area contributed by atoms with Crippen molar-refractivity contribution in [1.82, 2.24) is 4.90 Å². The molecule has 0 saturated heterocycles. The third-order valence-electron chi connectivity index (χ3n) is 6.45. The minimum Gasteiger partial charge on any atom is -0.493 e. The van der Waals surface area contributed by atoms with Gasteiger partial charge in [-0.1, -0.05) is 80.1 Å². The first-order valence-electron chi connectivity index (χ1n) is 11.9. The first-order chi connectivity index (χ1) is 16.1. The summed E-state index contributed by atoms with van der Waals surface area (Å²) in [6.07, 6.45) is 2.83. The highest BCUT2D eigenvalue weighted by Crippen LogP contribution is 2.39. The minimum absolute atomic E-state index is 0.0561. The third kappa shape index (κ3) is 4.90. The largest absolute Gasteiger partial charge is 0.493 e. The zero-order chi connectivity index (χ0) is 23.2. The quantitative estimate of drug-likeness (QED) is 0.402. The second-order valence-electron chi connectivity index (χ2n) is 8.71. The number of hydrogen-bond acceptors (Lipinski definition) is 3. The number of benzene rings is 3. The van der Waals surface area contributed by atoms with Crippen LogP contribution in [-0.4, -0.2) is 30.6 Å². The van der Waals surface area contributed by atoms with E-state index in [4.69, 9.17) is 9.47 Å². The van der Waals surface area contributed by atoms with Crippen LogP contribution in [0.2, 0.25) is 0 Å². The van der Waals surface area contributed by atoms with E-state index in [2.05, 4.69) is 19.9 Å². The normalized spacial score (nSPS) is 15.3. The summed E-state index contributed by atoms with van der Waals surface area (Å²) in [7, 11) is 1.68. The van der Waals surface area contributed by atoms with E-state index in [1.807, 2.05) is 71.6 Å². The molecular weight excluding hydrogens is 410 g/mol. The first kappa shape index (κ1) is 22.9. The second kappa shape index (κ2) is 10.6. The van der Waals surface area contributed by atoms with Crippen molar-refractivity contribution in [2.75, 3.05) is 13.7 Å². The fourth-order valence-corrected chi connectivity index (χ4v) is 4.63. The number of nitrogens with zero attached hydrogens (tertiary/aromatic N) is 1. The molecule has 172 valence electrons. The van der Waals surface area contributed by atoms with Crippen molar-refractivity contribution in [3.63, 3.8) is 0 Å². The van der Waals surface area contributed by atoms with E-state index in [1.165, 1.54) is 0 Å². The number of ether oxygens (including phenoxy) is 2. The number of hydrogen-bond donors (Lipinski definition) is 0. The summed E-state index contributed by atoms with van der Waals surface area (Å²) in [5, 5.41) is 0. The van der Waals surface area contributed by atoms with Gasteiger partial charge in [-0.2, -0.15) is 0 Å². The van der Waals surface area contributed by atoms with E-state index in [-0.39, 0.29) is 17.9 Å². The molecular formula is C29H33NO3. The minimum atomic E-state index is -0.324. The molecule has 0 fully saturated rings. The molecule has 0 N–H and O–H groups in total. The van der Waals surface area contributed by atoms with Crippen LogP contribution in [0, 0.1) is 0 Å². The molecule has 1 aliphatic rings. The molecule has 3 aromatic rings. The predicted octanol–water partition coefficient (Wildman–Crippen LogP) is 5.98. The number of unbranched alkanes of at least 4 members (excludes halogenated alkanes) is 1. The molecule has 4 rings (SSSR count). The van der Waals surface area contributed by atoms with Crippen LogP contribution in [0.25, 0.3) is 0 Å². The molecule has 3 aromatic carbocycles.